The van der Waals surface area contributed by atoms with Crippen LogP contribution in [0.3, 0.4) is 0 Å². The van der Waals surface area contributed by atoms with E-state index in [9.17, 15) is 4.79 Å². The number of aliphatic carboxylic acids is 1. The third-order valence-corrected chi connectivity index (χ3v) is 2.84. The van der Waals surface area contributed by atoms with E-state index in [0.29, 0.717) is 19.0 Å². The van der Waals surface area contributed by atoms with E-state index in [4.69, 9.17) is 5.11 Å². The first kappa shape index (κ1) is 14.3. The van der Waals surface area contributed by atoms with E-state index in [1.54, 1.807) is 6.08 Å². The molecule has 0 amide bonds. The summed E-state index contributed by atoms with van der Waals surface area (Å²) in [4.78, 5) is 12.8. The largest absolute Gasteiger partial charge is 0.481 e. The Hall–Kier alpha value is -1.77. The molecule has 0 aliphatic carbocycles. The summed E-state index contributed by atoms with van der Waals surface area (Å²) in [5, 5.41) is 8.80. The predicted molar refractivity (Wildman–Crippen MR) is 75.2 cm³/mol. The fourth-order valence-electron chi connectivity index (χ4n) is 1.96. The molecular weight excluding hydrogens is 226 g/mol. The zero-order chi connectivity index (χ0) is 13.5. The Morgan fingerprint density at radius 1 is 1.44 bits per heavy atom. The van der Waals surface area contributed by atoms with E-state index in [0.717, 1.165) is 5.69 Å². The molecule has 1 aromatic rings. The molecule has 3 heteroatoms. The van der Waals surface area contributed by atoms with Crippen LogP contribution in [0.4, 0.5) is 5.69 Å². The van der Waals surface area contributed by atoms with E-state index in [2.05, 4.69) is 31.4 Å². The number of carbonyl (C=O) groups is 1. The monoisotopic (exact) mass is 247 g/mol. The molecule has 0 aromatic heterocycles. The number of nitrogens with zero attached hydrogens (tertiary/aromatic N) is 1. The minimum absolute atomic E-state index is 0.139. The van der Waals surface area contributed by atoms with Crippen LogP contribution >= 0.6 is 0 Å². The van der Waals surface area contributed by atoms with Crippen LogP contribution < -0.4 is 4.90 Å². The van der Waals surface area contributed by atoms with E-state index in [-0.39, 0.29) is 6.42 Å². The van der Waals surface area contributed by atoms with Crippen molar-refractivity contribution in [3.63, 3.8) is 0 Å². The van der Waals surface area contributed by atoms with Gasteiger partial charge in [0.15, 0.2) is 0 Å². The maximum atomic E-state index is 10.7. The molecule has 0 bridgehead atoms. The quantitative estimate of drug-likeness (QED) is 0.752. The maximum absolute atomic E-state index is 10.7. The highest BCUT2D eigenvalue weighted by molar-refractivity contribution is 5.68. The van der Waals surface area contributed by atoms with Crippen LogP contribution in [-0.4, -0.2) is 24.2 Å². The maximum Gasteiger partial charge on any atom is 0.305 e. The molecule has 3 nitrogen and oxygen atoms in total. The molecule has 1 rings (SSSR count). The van der Waals surface area contributed by atoms with Gasteiger partial charge in [0.05, 0.1) is 6.42 Å². The minimum atomic E-state index is -0.772. The molecule has 0 radical (unpaired) electrons. The van der Waals surface area contributed by atoms with Crippen molar-refractivity contribution < 1.29 is 9.90 Å². The third-order valence-electron chi connectivity index (χ3n) is 2.84. The molecular formula is C15H21NO2. The van der Waals surface area contributed by atoms with Gasteiger partial charge >= 0.3 is 5.97 Å². The molecule has 0 aliphatic heterocycles. The van der Waals surface area contributed by atoms with Crippen molar-refractivity contribution in [1.82, 2.24) is 0 Å². The van der Waals surface area contributed by atoms with Crippen molar-refractivity contribution in [2.24, 2.45) is 0 Å². The Bertz CT molecular complexity index is 413. The number of carboxylic acid groups (broad SMARTS) is 1. The SMILES string of the molecule is C=CCN(CCC(=O)O)c1ccccc1C(C)C. The summed E-state index contributed by atoms with van der Waals surface area (Å²) in [6.07, 6.45) is 1.94. The molecule has 0 aliphatic rings. The average molecular weight is 247 g/mol. The van der Waals surface area contributed by atoms with E-state index >= 15 is 0 Å². The number of benzene rings is 1. The second-order valence-electron chi connectivity index (χ2n) is 4.59. The average Bonchev–Trinajstić information content (AvgIpc) is 2.34. The highest BCUT2D eigenvalue weighted by atomic mass is 16.4. The van der Waals surface area contributed by atoms with Gasteiger partial charge < -0.3 is 10.0 Å². The van der Waals surface area contributed by atoms with Crippen LogP contribution in [0.15, 0.2) is 36.9 Å². The van der Waals surface area contributed by atoms with Crippen LogP contribution in [0.2, 0.25) is 0 Å². The summed E-state index contributed by atoms with van der Waals surface area (Å²) >= 11 is 0. The Labute approximate surface area is 109 Å². The highest BCUT2D eigenvalue weighted by Crippen LogP contribution is 2.27. The lowest BCUT2D eigenvalue weighted by Crippen LogP contribution is -2.27. The molecule has 0 atom stereocenters. The molecule has 0 saturated heterocycles. The Kier molecular flexibility index (Phi) is 5.43. The van der Waals surface area contributed by atoms with Crippen LogP contribution in [0.1, 0.15) is 31.7 Å². The van der Waals surface area contributed by atoms with Crippen LogP contribution in [0.5, 0.6) is 0 Å². The zero-order valence-electron chi connectivity index (χ0n) is 11.1. The van der Waals surface area contributed by atoms with Crippen molar-refractivity contribution in [2.75, 3.05) is 18.0 Å². The van der Waals surface area contributed by atoms with Crippen molar-refractivity contribution in [2.45, 2.75) is 26.2 Å². The van der Waals surface area contributed by atoms with Gasteiger partial charge in [-0.1, -0.05) is 38.1 Å². The van der Waals surface area contributed by atoms with E-state index in [1.165, 1.54) is 5.56 Å². The molecule has 0 fully saturated rings. The molecule has 0 unspecified atom stereocenters. The number of hydrogen-bond acceptors (Lipinski definition) is 2. The number of carboxylic acids is 1. The first-order valence-corrected chi connectivity index (χ1v) is 6.22. The lowest BCUT2D eigenvalue weighted by molar-refractivity contribution is -0.136. The Balaban J connectivity index is 2.97. The van der Waals surface area contributed by atoms with Gasteiger partial charge in [-0.2, -0.15) is 0 Å². The van der Waals surface area contributed by atoms with Gasteiger partial charge in [0.1, 0.15) is 0 Å². The molecule has 1 aromatic carbocycles. The summed E-state index contributed by atoms with van der Waals surface area (Å²) in [5.41, 5.74) is 2.35. The highest BCUT2D eigenvalue weighted by Gasteiger charge is 2.13. The summed E-state index contributed by atoms with van der Waals surface area (Å²) in [6.45, 7) is 9.19. The molecule has 98 valence electrons. The predicted octanol–water partition coefficient (Wildman–Crippen LogP) is 3.28. The molecule has 1 N–H and O–H groups in total. The first-order chi connectivity index (χ1) is 8.56. The fraction of sp³-hybridized carbons (Fsp3) is 0.400. The normalized spacial score (nSPS) is 10.4. The second kappa shape index (κ2) is 6.84. The number of para-hydroxylation sites is 1. The van der Waals surface area contributed by atoms with Crippen molar-refractivity contribution in [3.05, 3.63) is 42.5 Å². The minimum Gasteiger partial charge on any atom is -0.481 e. The molecule has 0 heterocycles. The van der Waals surface area contributed by atoms with Gasteiger partial charge in [-0.25, -0.2) is 0 Å². The van der Waals surface area contributed by atoms with Crippen LogP contribution in [0.25, 0.3) is 0 Å². The molecule has 0 saturated carbocycles. The summed E-state index contributed by atoms with van der Waals surface area (Å²) in [5.74, 6) is -0.357. The number of anilines is 1. The Morgan fingerprint density at radius 3 is 2.67 bits per heavy atom. The number of rotatable bonds is 7. The van der Waals surface area contributed by atoms with Crippen molar-refractivity contribution in [1.29, 1.82) is 0 Å². The van der Waals surface area contributed by atoms with Gasteiger partial charge in [-0.15, -0.1) is 6.58 Å². The third kappa shape index (κ3) is 3.91. The van der Waals surface area contributed by atoms with Crippen molar-refractivity contribution >= 4 is 11.7 Å². The van der Waals surface area contributed by atoms with Gasteiger partial charge in [0, 0.05) is 18.8 Å². The standard InChI is InChI=1S/C15H21NO2/c1-4-10-16(11-9-15(17)18)14-8-6-5-7-13(14)12(2)3/h4-8,12H,1,9-11H2,2-3H3,(H,17,18). The zero-order valence-corrected chi connectivity index (χ0v) is 11.1. The second-order valence-corrected chi connectivity index (χ2v) is 4.59. The lowest BCUT2D eigenvalue weighted by Gasteiger charge is -2.26. The topological polar surface area (TPSA) is 40.5 Å². The van der Waals surface area contributed by atoms with Crippen LogP contribution in [0, 0.1) is 0 Å². The summed E-state index contributed by atoms with van der Waals surface area (Å²) < 4.78 is 0. The van der Waals surface area contributed by atoms with E-state index < -0.39 is 5.97 Å². The van der Waals surface area contributed by atoms with Gasteiger partial charge in [0.25, 0.3) is 0 Å². The summed E-state index contributed by atoms with van der Waals surface area (Å²) in [6, 6.07) is 8.14. The smallest absolute Gasteiger partial charge is 0.305 e. The van der Waals surface area contributed by atoms with Crippen molar-refractivity contribution in [3.8, 4) is 0 Å². The Morgan fingerprint density at radius 2 is 2.11 bits per heavy atom. The van der Waals surface area contributed by atoms with E-state index in [1.807, 2.05) is 18.2 Å². The van der Waals surface area contributed by atoms with Crippen LogP contribution in [-0.2, 0) is 4.79 Å². The number of hydrogen-bond donors (Lipinski definition) is 1. The molecule has 0 spiro atoms. The van der Waals surface area contributed by atoms with Gasteiger partial charge in [-0.3, -0.25) is 4.79 Å². The fourth-order valence-corrected chi connectivity index (χ4v) is 1.96. The summed E-state index contributed by atoms with van der Waals surface area (Å²) in [7, 11) is 0. The first-order valence-electron chi connectivity index (χ1n) is 6.22. The van der Waals surface area contributed by atoms with Gasteiger partial charge in [0.2, 0.25) is 0 Å². The van der Waals surface area contributed by atoms with Gasteiger partial charge in [-0.05, 0) is 17.5 Å². The molecule has 18 heavy (non-hydrogen) atoms. The lowest BCUT2D eigenvalue weighted by atomic mass is 10.0.